The molecule has 29 heavy (non-hydrogen) atoms. The first-order chi connectivity index (χ1) is 14.2. The van der Waals surface area contributed by atoms with Crippen LogP contribution in [0.5, 0.6) is 17.2 Å². The summed E-state index contributed by atoms with van der Waals surface area (Å²) in [5, 5.41) is 2.60. The summed E-state index contributed by atoms with van der Waals surface area (Å²) in [6.07, 6.45) is 3.06. The van der Waals surface area contributed by atoms with Gasteiger partial charge in [0.15, 0.2) is 0 Å². The molecule has 1 unspecified atom stereocenters. The maximum Gasteiger partial charge on any atom is 0.222 e. The molecule has 3 aromatic rings. The second kappa shape index (κ2) is 8.45. The van der Waals surface area contributed by atoms with Crippen molar-refractivity contribution in [2.24, 2.45) is 0 Å². The molecule has 7 nitrogen and oxygen atoms in total. The fourth-order valence-electron chi connectivity index (χ4n) is 2.72. The molecule has 0 aliphatic carbocycles. The normalized spacial score (nSPS) is 15.2. The highest BCUT2D eigenvalue weighted by atomic mass is 16.7. The third-order valence-electron chi connectivity index (χ3n) is 4.05. The van der Waals surface area contributed by atoms with Crippen molar-refractivity contribution in [3.05, 3.63) is 90.4 Å². The average Bonchev–Trinajstić information content (AvgIpc) is 3.19. The van der Waals surface area contributed by atoms with Crippen LogP contribution in [0.1, 0.15) is 18.6 Å². The number of anilines is 1. The molecule has 1 aromatic heterocycles. The van der Waals surface area contributed by atoms with Gasteiger partial charge in [-0.15, -0.1) is 0 Å². The van der Waals surface area contributed by atoms with E-state index < -0.39 is 0 Å². The Morgan fingerprint density at radius 2 is 1.69 bits per heavy atom. The number of hydroxylamine groups is 1. The molecule has 2 heterocycles. The molecule has 2 aromatic carbocycles. The molecule has 146 valence electrons. The molecule has 0 radical (unpaired) electrons. The quantitative estimate of drug-likeness (QED) is 0.653. The Balaban J connectivity index is 1.37. The van der Waals surface area contributed by atoms with Gasteiger partial charge < -0.3 is 14.8 Å². The van der Waals surface area contributed by atoms with E-state index in [9.17, 15) is 4.79 Å². The summed E-state index contributed by atoms with van der Waals surface area (Å²) in [6.45, 7) is 1.43. The minimum absolute atomic E-state index is 0.178. The van der Waals surface area contributed by atoms with E-state index in [0.29, 0.717) is 17.5 Å². The number of pyridine rings is 1. The van der Waals surface area contributed by atoms with E-state index in [1.165, 1.54) is 13.1 Å². The highest BCUT2D eigenvalue weighted by Crippen LogP contribution is 2.28. The maximum absolute atomic E-state index is 11.0. The van der Waals surface area contributed by atoms with Crippen LogP contribution in [0.25, 0.3) is 0 Å². The maximum atomic E-state index is 11.0. The third-order valence-corrected chi connectivity index (χ3v) is 4.05. The number of aromatic nitrogens is 1. The highest BCUT2D eigenvalue weighted by Gasteiger charge is 2.20. The van der Waals surface area contributed by atoms with Gasteiger partial charge in [-0.2, -0.15) is 0 Å². The van der Waals surface area contributed by atoms with Crippen LogP contribution in [0.4, 0.5) is 5.82 Å². The van der Waals surface area contributed by atoms with Gasteiger partial charge in [0.25, 0.3) is 0 Å². The number of para-hydroxylation sites is 1. The van der Waals surface area contributed by atoms with Crippen molar-refractivity contribution in [2.45, 2.75) is 13.0 Å². The molecule has 0 fully saturated rings. The lowest BCUT2D eigenvalue weighted by molar-refractivity contribution is -0.114. The molecular weight excluding hydrogens is 370 g/mol. The summed E-state index contributed by atoms with van der Waals surface area (Å²) in [7, 11) is 0. The Hall–Kier alpha value is -3.84. The number of ether oxygens (including phenoxy) is 2. The van der Waals surface area contributed by atoms with E-state index in [1.807, 2.05) is 60.7 Å². The average molecular weight is 389 g/mol. The molecule has 0 bridgehead atoms. The van der Waals surface area contributed by atoms with Crippen LogP contribution in [0.2, 0.25) is 0 Å². The van der Waals surface area contributed by atoms with Crippen LogP contribution >= 0.6 is 0 Å². The number of nitrogens with zero attached hydrogens (tertiary/aromatic N) is 1. The van der Waals surface area contributed by atoms with Crippen molar-refractivity contribution in [2.75, 3.05) is 5.32 Å². The largest absolute Gasteiger partial charge is 0.457 e. The minimum Gasteiger partial charge on any atom is -0.457 e. The Labute approximate surface area is 167 Å². The topological polar surface area (TPSA) is 81.7 Å². The fourth-order valence-corrected chi connectivity index (χ4v) is 2.72. The molecule has 0 saturated heterocycles. The van der Waals surface area contributed by atoms with E-state index in [1.54, 1.807) is 12.1 Å². The van der Waals surface area contributed by atoms with Crippen LogP contribution in [0, 0.1) is 0 Å². The molecular formula is C22H19N3O4. The molecule has 1 atom stereocenters. The van der Waals surface area contributed by atoms with Gasteiger partial charge in [0.05, 0.1) is 6.20 Å². The predicted molar refractivity (Wildman–Crippen MR) is 107 cm³/mol. The first-order valence-corrected chi connectivity index (χ1v) is 9.03. The zero-order chi connectivity index (χ0) is 20.1. The van der Waals surface area contributed by atoms with Gasteiger partial charge in [-0.3, -0.25) is 9.63 Å². The van der Waals surface area contributed by atoms with Gasteiger partial charge in [0.1, 0.15) is 29.2 Å². The van der Waals surface area contributed by atoms with E-state index >= 15 is 0 Å². The van der Waals surface area contributed by atoms with Crippen LogP contribution < -0.4 is 20.3 Å². The van der Waals surface area contributed by atoms with Crippen LogP contribution in [-0.2, 0) is 9.63 Å². The first kappa shape index (κ1) is 18.5. The lowest BCUT2D eigenvalue weighted by atomic mass is 10.1. The van der Waals surface area contributed by atoms with Gasteiger partial charge in [0.2, 0.25) is 11.8 Å². The number of amides is 1. The standard InChI is InChI=1S/C22H19N3O4/c1-15(26)24-21-12-11-19(14-23-21)28-22-13-20(29-25-22)16-7-9-18(10-8-16)27-17-5-3-2-4-6-17/h2-14,20,25H,1H3,(H,23,24,26). The number of benzene rings is 2. The number of hydrogen-bond donors (Lipinski definition) is 2. The van der Waals surface area contributed by atoms with Crippen molar-refractivity contribution >= 4 is 11.7 Å². The van der Waals surface area contributed by atoms with Gasteiger partial charge in [-0.25, -0.2) is 10.5 Å². The molecule has 1 aliphatic rings. The summed E-state index contributed by atoms with van der Waals surface area (Å²) in [4.78, 5) is 20.7. The summed E-state index contributed by atoms with van der Waals surface area (Å²) >= 11 is 0. The van der Waals surface area contributed by atoms with Gasteiger partial charge in [-0.05, 0) is 42.0 Å². The summed E-state index contributed by atoms with van der Waals surface area (Å²) < 4.78 is 11.5. The van der Waals surface area contributed by atoms with Gasteiger partial charge in [-0.1, -0.05) is 30.3 Å². The van der Waals surface area contributed by atoms with Crippen molar-refractivity contribution in [3.63, 3.8) is 0 Å². The molecule has 1 amide bonds. The number of rotatable bonds is 6. The lowest BCUT2D eigenvalue weighted by Gasteiger charge is -2.09. The molecule has 0 spiro atoms. The number of hydrogen-bond acceptors (Lipinski definition) is 6. The van der Waals surface area contributed by atoms with Crippen molar-refractivity contribution in [1.29, 1.82) is 0 Å². The predicted octanol–water partition coefficient (Wildman–Crippen LogP) is 4.33. The number of nitrogens with one attached hydrogen (secondary N) is 2. The lowest BCUT2D eigenvalue weighted by Crippen LogP contribution is -2.12. The van der Waals surface area contributed by atoms with Gasteiger partial charge in [0, 0.05) is 13.0 Å². The smallest absolute Gasteiger partial charge is 0.222 e. The second-order valence-electron chi connectivity index (χ2n) is 6.32. The van der Waals surface area contributed by atoms with Crippen LogP contribution in [0.15, 0.2) is 84.9 Å². The van der Waals surface area contributed by atoms with Crippen molar-refractivity contribution in [1.82, 2.24) is 10.5 Å². The van der Waals surface area contributed by atoms with E-state index in [2.05, 4.69) is 15.8 Å². The zero-order valence-corrected chi connectivity index (χ0v) is 15.7. The van der Waals surface area contributed by atoms with Crippen molar-refractivity contribution < 1.29 is 19.1 Å². The highest BCUT2D eigenvalue weighted by molar-refractivity contribution is 5.87. The molecule has 4 rings (SSSR count). The van der Waals surface area contributed by atoms with E-state index in [4.69, 9.17) is 14.3 Å². The zero-order valence-electron chi connectivity index (χ0n) is 15.7. The first-order valence-electron chi connectivity index (χ1n) is 9.03. The van der Waals surface area contributed by atoms with Crippen molar-refractivity contribution in [3.8, 4) is 17.2 Å². The van der Waals surface area contributed by atoms with Crippen LogP contribution in [0.3, 0.4) is 0 Å². The number of carbonyl (C=O) groups excluding carboxylic acids is 1. The summed E-state index contributed by atoms with van der Waals surface area (Å²) in [5.41, 5.74) is 3.72. The summed E-state index contributed by atoms with van der Waals surface area (Å²) in [5.74, 6) is 2.81. The second-order valence-corrected chi connectivity index (χ2v) is 6.32. The third kappa shape index (κ3) is 4.91. The van der Waals surface area contributed by atoms with E-state index in [0.717, 1.165) is 17.1 Å². The summed E-state index contributed by atoms with van der Waals surface area (Å²) in [6, 6.07) is 20.6. The molecule has 0 saturated carbocycles. The Morgan fingerprint density at radius 3 is 2.38 bits per heavy atom. The number of carbonyl (C=O) groups is 1. The SMILES string of the molecule is CC(=O)Nc1ccc(OC2=CC(c3ccc(Oc4ccccc4)cc3)ON2)cn1. The minimum atomic E-state index is -0.289. The molecule has 1 aliphatic heterocycles. The monoisotopic (exact) mass is 389 g/mol. The van der Waals surface area contributed by atoms with Gasteiger partial charge >= 0.3 is 0 Å². The van der Waals surface area contributed by atoms with E-state index in [-0.39, 0.29) is 12.0 Å². The van der Waals surface area contributed by atoms with Crippen LogP contribution in [-0.4, -0.2) is 10.9 Å². The molecule has 7 heteroatoms. The Bertz CT molecular complexity index is 1000. The Kier molecular flexibility index (Phi) is 5.40. The molecule has 2 N–H and O–H groups in total. The Morgan fingerprint density at radius 1 is 0.966 bits per heavy atom. The fraction of sp³-hybridized carbons (Fsp3) is 0.0909.